The molecule has 0 atom stereocenters. The molecule has 0 aromatic heterocycles. The van der Waals surface area contributed by atoms with Crippen molar-refractivity contribution >= 4 is 0 Å². The number of hydrogen-bond acceptors (Lipinski definition) is 2. The van der Waals surface area contributed by atoms with Gasteiger partial charge in [0.25, 0.3) is 0 Å². The van der Waals surface area contributed by atoms with Crippen LogP contribution >= 0.6 is 0 Å². The molecule has 0 spiro atoms. The molecule has 0 aliphatic rings. The summed E-state index contributed by atoms with van der Waals surface area (Å²) in [5.74, 6) is 1.71. The van der Waals surface area contributed by atoms with E-state index < -0.39 is 0 Å². The van der Waals surface area contributed by atoms with Crippen LogP contribution in [-0.4, -0.2) is 13.2 Å². The van der Waals surface area contributed by atoms with Crippen LogP contribution in [0.5, 0.6) is 11.5 Å². The molecule has 2 heteroatoms. The normalized spacial score (nSPS) is 10.8. The van der Waals surface area contributed by atoms with Crippen LogP contribution in [0.3, 0.4) is 0 Å². The van der Waals surface area contributed by atoms with Gasteiger partial charge in [-0.05, 0) is 25.0 Å². The maximum atomic E-state index is 5.82. The van der Waals surface area contributed by atoms with Crippen LogP contribution in [0.2, 0.25) is 0 Å². The van der Waals surface area contributed by atoms with E-state index in [0.717, 1.165) is 37.6 Å². The molecule has 2 nitrogen and oxygen atoms in total. The minimum Gasteiger partial charge on any atom is -0.493 e. The highest BCUT2D eigenvalue weighted by Gasteiger charge is 1.99. The lowest BCUT2D eigenvalue weighted by Crippen LogP contribution is -2.00. The Morgan fingerprint density at radius 1 is 0.708 bits per heavy atom. The first-order chi connectivity index (χ1) is 11.9. The fourth-order valence-corrected chi connectivity index (χ4v) is 2.73. The molecule has 0 N–H and O–H groups in total. The van der Waals surface area contributed by atoms with E-state index in [1.807, 2.05) is 18.2 Å². The predicted octanol–water partition coefficient (Wildman–Crippen LogP) is 6.97. The van der Waals surface area contributed by atoms with Gasteiger partial charge in [-0.25, -0.2) is 0 Å². The van der Waals surface area contributed by atoms with E-state index in [4.69, 9.17) is 9.47 Å². The van der Waals surface area contributed by atoms with E-state index in [-0.39, 0.29) is 0 Å². The zero-order valence-electron chi connectivity index (χ0n) is 15.9. The highest BCUT2D eigenvalue weighted by Crippen LogP contribution is 2.19. The third-order valence-corrected chi connectivity index (χ3v) is 4.27. The van der Waals surface area contributed by atoms with Crippen molar-refractivity contribution in [1.82, 2.24) is 0 Å². The zero-order chi connectivity index (χ0) is 17.3. The van der Waals surface area contributed by atoms with Crippen LogP contribution in [0.1, 0.15) is 90.9 Å². The second kappa shape index (κ2) is 15.4. The van der Waals surface area contributed by atoms with E-state index in [9.17, 15) is 0 Å². The lowest BCUT2D eigenvalue weighted by atomic mass is 10.1. The third kappa shape index (κ3) is 11.4. The molecule has 1 rings (SSSR count). The molecule has 0 saturated heterocycles. The van der Waals surface area contributed by atoms with Gasteiger partial charge in [0.05, 0.1) is 13.2 Å². The number of benzene rings is 1. The van der Waals surface area contributed by atoms with Gasteiger partial charge in [0, 0.05) is 12.1 Å². The average Bonchev–Trinajstić information content (AvgIpc) is 2.60. The average molecular weight is 334 g/mol. The monoisotopic (exact) mass is 333 g/mol. The molecular weight excluding hydrogens is 296 g/mol. The van der Waals surface area contributed by atoms with Crippen molar-refractivity contribution in [2.45, 2.75) is 90.9 Å². The molecule has 1 aromatic rings. The summed E-state index contributed by atoms with van der Waals surface area (Å²) in [5, 5.41) is 0. The van der Waals surface area contributed by atoms with E-state index >= 15 is 0 Å². The maximum Gasteiger partial charge on any atom is 0.130 e. The van der Waals surface area contributed by atoms with Gasteiger partial charge in [-0.1, -0.05) is 78.1 Å². The minimum absolute atomic E-state index is 0.781. The van der Waals surface area contributed by atoms with Crippen molar-refractivity contribution < 1.29 is 9.47 Å². The molecule has 137 valence electrons. The SMILES string of the molecule is CCCCCCCCOc1[c]ccc(OCCCCCCCC)c1. The summed E-state index contributed by atoms with van der Waals surface area (Å²) < 4.78 is 11.6. The first-order valence-corrected chi connectivity index (χ1v) is 10.1. The molecule has 0 aliphatic heterocycles. The van der Waals surface area contributed by atoms with Gasteiger partial charge in [-0.2, -0.15) is 0 Å². The Labute approximate surface area is 149 Å². The molecular formula is C22H37O2. The Balaban J connectivity index is 2.08. The van der Waals surface area contributed by atoms with Gasteiger partial charge in [0.15, 0.2) is 0 Å². The highest BCUT2D eigenvalue weighted by molar-refractivity contribution is 5.31. The van der Waals surface area contributed by atoms with Gasteiger partial charge in [-0.15, -0.1) is 0 Å². The first-order valence-electron chi connectivity index (χ1n) is 10.1. The van der Waals surface area contributed by atoms with Crippen molar-refractivity contribution in [2.24, 2.45) is 0 Å². The van der Waals surface area contributed by atoms with Gasteiger partial charge in [0.1, 0.15) is 11.5 Å². The first kappa shape index (κ1) is 20.9. The minimum atomic E-state index is 0.781. The quantitative estimate of drug-likeness (QED) is 0.304. The number of unbranched alkanes of at least 4 members (excludes halogenated alkanes) is 10. The Bertz CT molecular complexity index is 356. The van der Waals surface area contributed by atoms with Gasteiger partial charge in [-0.3, -0.25) is 0 Å². The summed E-state index contributed by atoms with van der Waals surface area (Å²) in [4.78, 5) is 0. The largest absolute Gasteiger partial charge is 0.493 e. The Kier molecular flexibility index (Phi) is 13.3. The molecule has 1 radical (unpaired) electrons. The molecule has 0 amide bonds. The lowest BCUT2D eigenvalue weighted by Gasteiger charge is -2.09. The Morgan fingerprint density at radius 2 is 1.25 bits per heavy atom. The number of ether oxygens (including phenoxy) is 2. The summed E-state index contributed by atoms with van der Waals surface area (Å²) in [6, 6.07) is 8.97. The molecule has 0 heterocycles. The van der Waals surface area contributed by atoms with E-state index in [0.29, 0.717) is 0 Å². The fourth-order valence-electron chi connectivity index (χ4n) is 2.73. The second-order valence-corrected chi connectivity index (χ2v) is 6.62. The van der Waals surface area contributed by atoms with Crippen molar-refractivity contribution in [2.75, 3.05) is 13.2 Å². The van der Waals surface area contributed by atoms with Crippen molar-refractivity contribution in [1.29, 1.82) is 0 Å². The van der Waals surface area contributed by atoms with Crippen molar-refractivity contribution in [3.8, 4) is 11.5 Å². The maximum absolute atomic E-state index is 5.82. The number of hydrogen-bond donors (Lipinski definition) is 0. The Hall–Kier alpha value is -1.18. The zero-order valence-corrected chi connectivity index (χ0v) is 15.9. The summed E-state index contributed by atoms with van der Waals surface area (Å²) >= 11 is 0. The molecule has 1 aromatic carbocycles. The van der Waals surface area contributed by atoms with Gasteiger partial charge >= 0.3 is 0 Å². The fraction of sp³-hybridized carbons (Fsp3) is 0.727. The lowest BCUT2D eigenvalue weighted by molar-refractivity contribution is 0.289. The summed E-state index contributed by atoms with van der Waals surface area (Å²) in [6.07, 6.45) is 15.5. The summed E-state index contributed by atoms with van der Waals surface area (Å²) in [6.45, 7) is 6.08. The van der Waals surface area contributed by atoms with Crippen molar-refractivity contribution in [3.05, 3.63) is 24.3 Å². The van der Waals surface area contributed by atoms with Crippen LogP contribution < -0.4 is 9.47 Å². The van der Waals surface area contributed by atoms with Crippen LogP contribution in [0.4, 0.5) is 0 Å². The van der Waals surface area contributed by atoms with Gasteiger partial charge in [0.2, 0.25) is 0 Å². The van der Waals surface area contributed by atoms with E-state index in [1.165, 1.54) is 64.2 Å². The standard InChI is InChI=1S/C22H37O2/c1-3-5-7-9-11-13-18-23-21-16-15-17-22(20-21)24-19-14-12-10-8-6-4-2/h15-16,20H,3-14,18-19H2,1-2H3. The van der Waals surface area contributed by atoms with Crippen molar-refractivity contribution in [3.63, 3.8) is 0 Å². The molecule has 0 fully saturated rings. The van der Waals surface area contributed by atoms with Crippen LogP contribution in [0.15, 0.2) is 18.2 Å². The van der Waals surface area contributed by atoms with Gasteiger partial charge < -0.3 is 9.47 Å². The molecule has 0 bridgehead atoms. The predicted molar refractivity (Wildman–Crippen MR) is 103 cm³/mol. The second-order valence-electron chi connectivity index (χ2n) is 6.62. The van der Waals surface area contributed by atoms with E-state index in [2.05, 4.69) is 19.9 Å². The van der Waals surface area contributed by atoms with Crippen LogP contribution in [0.25, 0.3) is 0 Å². The smallest absolute Gasteiger partial charge is 0.130 e. The molecule has 24 heavy (non-hydrogen) atoms. The Morgan fingerprint density at radius 3 is 1.88 bits per heavy atom. The summed E-state index contributed by atoms with van der Waals surface area (Å²) in [7, 11) is 0. The summed E-state index contributed by atoms with van der Waals surface area (Å²) in [5.41, 5.74) is 0. The number of rotatable bonds is 16. The topological polar surface area (TPSA) is 18.5 Å². The third-order valence-electron chi connectivity index (χ3n) is 4.27. The molecule has 0 aliphatic carbocycles. The highest BCUT2D eigenvalue weighted by atomic mass is 16.5. The molecule has 0 saturated carbocycles. The van der Waals surface area contributed by atoms with E-state index in [1.54, 1.807) is 0 Å². The van der Waals surface area contributed by atoms with Crippen LogP contribution in [-0.2, 0) is 0 Å². The van der Waals surface area contributed by atoms with Crippen LogP contribution in [0, 0.1) is 6.07 Å². The molecule has 0 unspecified atom stereocenters.